The van der Waals surface area contributed by atoms with Gasteiger partial charge >= 0.3 is 0 Å². The minimum atomic E-state index is -3.55. The second-order valence-electron chi connectivity index (χ2n) is 3.28. The highest BCUT2D eigenvalue weighted by atomic mass is 32.2. The molecule has 1 heterocycles. The van der Waals surface area contributed by atoms with E-state index in [4.69, 9.17) is 5.73 Å². The van der Waals surface area contributed by atoms with Crippen molar-refractivity contribution >= 4 is 27.6 Å². The molecule has 0 saturated carbocycles. The average Bonchev–Trinajstić information content (AvgIpc) is 2.26. The summed E-state index contributed by atoms with van der Waals surface area (Å²) >= 11 is 1.59. The molecule has 0 aliphatic heterocycles. The van der Waals surface area contributed by atoms with E-state index < -0.39 is 10.0 Å². The van der Waals surface area contributed by atoms with Gasteiger partial charge in [-0.2, -0.15) is 11.8 Å². The van der Waals surface area contributed by atoms with Gasteiger partial charge in [0.1, 0.15) is 10.7 Å². The number of rotatable bonds is 5. The van der Waals surface area contributed by atoms with Crippen LogP contribution in [-0.4, -0.2) is 31.5 Å². The van der Waals surface area contributed by atoms with Crippen LogP contribution in [0.15, 0.2) is 23.2 Å². The second kappa shape index (κ2) is 5.51. The molecule has 0 spiro atoms. The number of nitrogens with two attached hydrogens (primary N) is 1. The van der Waals surface area contributed by atoms with E-state index in [1.807, 2.05) is 13.2 Å². The summed E-state index contributed by atoms with van der Waals surface area (Å²) in [5.41, 5.74) is 5.51. The highest BCUT2D eigenvalue weighted by Gasteiger charge is 2.18. The molecule has 3 N–H and O–H groups in total. The van der Waals surface area contributed by atoms with Crippen LogP contribution in [0.1, 0.15) is 6.92 Å². The standard InChI is InChI=1S/C9H15N3O2S2/c1-7(15-2)6-12-16(13,14)8-4-3-5-11-9(8)10/h3-5,7,12H,6H2,1-2H3,(H2,10,11). The van der Waals surface area contributed by atoms with Gasteiger partial charge in [0.2, 0.25) is 10.0 Å². The molecule has 90 valence electrons. The molecule has 5 nitrogen and oxygen atoms in total. The number of hydrogen-bond acceptors (Lipinski definition) is 5. The summed E-state index contributed by atoms with van der Waals surface area (Å²) < 4.78 is 26.2. The van der Waals surface area contributed by atoms with Crippen molar-refractivity contribution in [2.75, 3.05) is 18.5 Å². The van der Waals surface area contributed by atoms with Gasteiger partial charge in [-0.15, -0.1) is 0 Å². The summed E-state index contributed by atoms with van der Waals surface area (Å²) in [6.07, 6.45) is 3.39. The molecule has 1 unspecified atom stereocenters. The van der Waals surface area contributed by atoms with Crippen LogP contribution < -0.4 is 10.5 Å². The lowest BCUT2D eigenvalue weighted by Gasteiger charge is -2.11. The van der Waals surface area contributed by atoms with E-state index in [0.717, 1.165) is 0 Å². The van der Waals surface area contributed by atoms with E-state index in [0.29, 0.717) is 6.54 Å². The van der Waals surface area contributed by atoms with E-state index in [1.165, 1.54) is 12.3 Å². The lowest BCUT2D eigenvalue weighted by Crippen LogP contribution is -2.30. The number of sulfonamides is 1. The second-order valence-corrected chi connectivity index (χ2v) is 6.30. The first-order chi connectivity index (χ1) is 7.47. The molecular formula is C9H15N3O2S2. The van der Waals surface area contributed by atoms with Crippen LogP contribution in [0, 0.1) is 0 Å². The van der Waals surface area contributed by atoms with Gasteiger partial charge in [0.05, 0.1) is 0 Å². The minimum absolute atomic E-state index is 0.0202. The van der Waals surface area contributed by atoms with E-state index >= 15 is 0 Å². The van der Waals surface area contributed by atoms with Gasteiger partial charge in [-0.05, 0) is 18.4 Å². The average molecular weight is 261 g/mol. The molecule has 0 fully saturated rings. The van der Waals surface area contributed by atoms with Gasteiger partial charge in [0.15, 0.2) is 0 Å². The Labute approximate surface area is 99.9 Å². The first-order valence-corrected chi connectivity index (χ1v) is 7.47. The van der Waals surface area contributed by atoms with E-state index in [9.17, 15) is 8.42 Å². The molecule has 0 aromatic carbocycles. The fraction of sp³-hybridized carbons (Fsp3) is 0.444. The van der Waals surface area contributed by atoms with Crippen LogP contribution in [0.5, 0.6) is 0 Å². The maximum Gasteiger partial charge on any atom is 0.244 e. The molecular weight excluding hydrogens is 246 g/mol. The topological polar surface area (TPSA) is 85.1 Å². The smallest absolute Gasteiger partial charge is 0.244 e. The molecule has 0 radical (unpaired) electrons. The fourth-order valence-electron chi connectivity index (χ4n) is 1.02. The molecule has 0 aliphatic carbocycles. The number of nitrogens with one attached hydrogen (secondary N) is 1. The Kier molecular flexibility index (Phi) is 4.57. The van der Waals surface area contributed by atoms with Crippen molar-refractivity contribution in [2.45, 2.75) is 17.1 Å². The summed E-state index contributed by atoms with van der Waals surface area (Å²) in [4.78, 5) is 3.78. The Balaban J connectivity index is 2.83. The van der Waals surface area contributed by atoms with Crippen LogP contribution in [0.3, 0.4) is 0 Å². The molecule has 1 rings (SSSR count). The Hall–Kier alpha value is -0.790. The number of nitrogen functional groups attached to an aromatic ring is 1. The first-order valence-electron chi connectivity index (χ1n) is 4.70. The van der Waals surface area contributed by atoms with Gasteiger partial charge in [-0.25, -0.2) is 18.1 Å². The zero-order chi connectivity index (χ0) is 12.2. The summed E-state index contributed by atoms with van der Waals surface area (Å²) in [7, 11) is -3.55. The molecule has 1 aromatic rings. The number of nitrogens with zero attached hydrogens (tertiary/aromatic N) is 1. The summed E-state index contributed by atoms with van der Waals surface area (Å²) in [5, 5.41) is 0.215. The van der Waals surface area contributed by atoms with Gasteiger partial charge < -0.3 is 5.73 Å². The largest absolute Gasteiger partial charge is 0.383 e. The van der Waals surface area contributed by atoms with Crippen LogP contribution in [0.2, 0.25) is 0 Å². The number of hydrogen-bond donors (Lipinski definition) is 2. The molecule has 1 aromatic heterocycles. The summed E-state index contributed by atoms with van der Waals surface area (Å²) in [6.45, 7) is 2.32. The highest BCUT2D eigenvalue weighted by Crippen LogP contribution is 2.14. The van der Waals surface area contributed by atoms with E-state index in [2.05, 4.69) is 9.71 Å². The van der Waals surface area contributed by atoms with Crippen molar-refractivity contribution in [3.63, 3.8) is 0 Å². The van der Waals surface area contributed by atoms with Crippen LogP contribution in [-0.2, 0) is 10.0 Å². The number of aromatic nitrogens is 1. The minimum Gasteiger partial charge on any atom is -0.383 e. The van der Waals surface area contributed by atoms with Crippen molar-refractivity contribution < 1.29 is 8.42 Å². The Morgan fingerprint density at radius 1 is 1.62 bits per heavy atom. The third-order valence-corrected chi connectivity index (χ3v) is 4.49. The summed E-state index contributed by atoms with van der Waals surface area (Å²) in [5.74, 6) is 0.0202. The third-order valence-electron chi connectivity index (χ3n) is 2.05. The van der Waals surface area contributed by atoms with Gasteiger partial charge in [0.25, 0.3) is 0 Å². The Morgan fingerprint density at radius 2 is 2.31 bits per heavy atom. The van der Waals surface area contributed by atoms with Crippen molar-refractivity contribution in [3.05, 3.63) is 18.3 Å². The first kappa shape index (κ1) is 13.3. The zero-order valence-electron chi connectivity index (χ0n) is 9.17. The van der Waals surface area contributed by atoms with Gasteiger partial charge in [-0.3, -0.25) is 0 Å². The van der Waals surface area contributed by atoms with E-state index in [1.54, 1.807) is 17.8 Å². The molecule has 7 heteroatoms. The normalized spacial score (nSPS) is 13.6. The predicted molar refractivity (Wildman–Crippen MR) is 66.8 cm³/mol. The van der Waals surface area contributed by atoms with Crippen molar-refractivity contribution in [1.29, 1.82) is 0 Å². The third kappa shape index (κ3) is 3.36. The van der Waals surface area contributed by atoms with Crippen molar-refractivity contribution in [2.24, 2.45) is 0 Å². The fourth-order valence-corrected chi connectivity index (χ4v) is 2.58. The lowest BCUT2D eigenvalue weighted by molar-refractivity contribution is 0.581. The van der Waals surface area contributed by atoms with Crippen LogP contribution >= 0.6 is 11.8 Å². The molecule has 16 heavy (non-hydrogen) atoms. The quantitative estimate of drug-likeness (QED) is 0.814. The maximum atomic E-state index is 11.8. The van der Waals surface area contributed by atoms with Gasteiger partial charge in [-0.1, -0.05) is 6.92 Å². The lowest BCUT2D eigenvalue weighted by atomic mass is 10.5. The van der Waals surface area contributed by atoms with Crippen LogP contribution in [0.4, 0.5) is 5.82 Å². The molecule has 0 amide bonds. The summed E-state index contributed by atoms with van der Waals surface area (Å²) in [6, 6.07) is 2.98. The number of pyridine rings is 1. The maximum absolute atomic E-state index is 11.8. The van der Waals surface area contributed by atoms with Gasteiger partial charge in [0, 0.05) is 18.0 Å². The molecule has 0 bridgehead atoms. The number of thioether (sulfide) groups is 1. The molecule has 0 aliphatic rings. The van der Waals surface area contributed by atoms with Crippen molar-refractivity contribution in [1.82, 2.24) is 9.71 Å². The molecule has 1 atom stereocenters. The Bertz CT molecular complexity index is 448. The van der Waals surface area contributed by atoms with E-state index in [-0.39, 0.29) is 16.0 Å². The van der Waals surface area contributed by atoms with Crippen molar-refractivity contribution in [3.8, 4) is 0 Å². The Morgan fingerprint density at radius 3 is 2.88 bits per heavy atom. The number of anilines is 1. The zero-order valence-corrected chi connectivity index (χ0v) is 10.8. The monoisotopic (exact) mass is 261 g/mol. The van der Waals surface area contributed by atoms with Crippen LogP contribution in [0.25, 0.3) is 0 Å². The predicted octanol–water partition coefficient (Wildman–Crippen LogP) is 0.694. The molecule has 0 saturated heterocycles. The SMILES string of the molecule is CSC(C)CNS(=O)(=O)c1cccnc1N. The highest BCUT2D eigenvalue weighted by molar-refractivity contribution is 7.99.